The van der Waals surface area contributed by atoms with Gasteiger partial charge in [-0.3, -0.25) is 9.59 Å². The highest BCUT2D eigenvalue weighted by molar-refractivity contribution is 9.10. The summed E-state index contributed by atoms with van der Waals surface area (Å²) in [6.45, 7) is 4.11. The van der Waals surface area contributed by atoms with Crippen LogP contribution in [0.3, 0.4) is 0 Å². The molecule has 34 heavy (non-hydrogen) atoms. The number of benzene rings is 2. The van der Waals surface area contributed by atoms with Crippen molar-refractivity contribution in [3.8, 4) is 28.6 Å². The molecule has 4 aromatic rings. The van der Waals surface area contributed by atoms with Gasteiger partial charge in [0.05, 0.1) is 22.7 Å². The molecule has 2 heterocycles. The number of fused-ring (bicyclic) bond motifs is 1. The zero-order valence-electron chi connectivity index (χ0n) is 18.8. The van der Waals surface area contributed by atoms with Gasteiger partial charge in [-0.15, -0.1) is 5.10 Å². The number of aromatic nitrogens is 3. The number of ether oxygens (including phenoxy) is 3. The van der Waals surface area contributed by atoms with Crippen LogP contribution >= 0.6 is 27.3 Å². The maximum Gasteiger partial charge on any atom is 0.308 e. The van der Waals surface area contributed by atoms with E-state index in [1.165, 1.54) is 29.9 Å². The van der Waals surface area contributed by atoms with E-state index in [0.29, 0.717) is 37.7 Å². The van der Waals surface area contributed by atoms with Gasteiger partial charge in [-0.1, -0.05) is 24.7 Å². The molecule has 0 atom stereocenters. The zero-order chi connectivity index (χ0) is 24.2. The van der Waals surface area contributed by atoms with Crippen molar-refractivity contribution in [2.45, 2.75) is 26.7 Å². The number of methoxy groups -OCH3 is 1. The lowest BCUT2D eigenvalue weighted by Gasteiger charge is -2.10. The zero-order valence-corrected chi connectivity index (χ0v) is 21.2. The van der Waals surface area contributed by atoms with E-state index in [9.17, 15) is 9.59 Å². The fourth-order valence-electron chi connectivity index (χ4n) is 3.21. The summed E-state index contributed by atoms with van der Waals surface area (Å²) in [7, 11) is 1.48. The molecule has 2 aromatic heterocycles. The van der Waals surface area contributed by atoms with E-state index >= 15 is 0 Å². The lowest BCUT2D eigenvalue weighted by molar-refractivity contribution is -0.132. The minimum atomic E-state index is -0.461. The highest BCUT2D eigenvalue weighted by atomic mass is 79.9. The van der Waals surface area contributed by atoms with E-state index < -0.39 is 5.97 Å². The molecular formula is C24H22BrN3O5S. The van der Waals surface area contributed by atoms with Crippen LogP contribution in [-0.4, -0.2) is 34.3 Å². The van der Waals surface area contributed by atoms with Crippen molar-refractivity contribution >= 4 is 44.3 Å². The van der Waals surface area contributed by atoms with Crippen molar-refractivity contribution in [2.75, 3.05) is 13.7 Å². The number of esters is 1. The Labute approximate surface area is 207 Å². The summed E-state index contributed by atoms with van der Waals surface area (Å²) in [5.74, 6) is 1.46. The first-order chi connectivity index (χ1) is 16.4. The molecule has 0 unspecified atom stereocenters. The van der Waals surface area contributed by atoms with Crippen molar-refractivity contribution in [3.05, 3.63) is 61.3 Å². The van der Waals surface area contributed by atoms with Gasteiger partial charge in [0.1, 0.15) is 5.75 Å². The average Bonchev–Trinajstić information content (AvgIpc) is 3.35. The number of rotatable bonds is 8. The predicted molar refractivity (Wildman–Crippen MR) is 134 cm³/mol. The Kier molecular flexibility index (Phi) is 7.28. The lowest BCUT2D eigenvalue weighted by atomic mass is 10.2. The molecule has 2 aromatic carbocycles. The molecule has 176 valence electrons. The summed E-state index contributed by atoms with van der Waals surface area (Å²) in [4.78, 5) is 29.3. The molecule has 0 spiro atoms. The molecule has 0 N–H and O–H groups in total. The van der Waals surface area contributed by atoms with Crippen LogP contribution < -0.4 is 24.3 Å². The van der Waals surface area contributed by atoms with Crippen LogP contribution in [-0.2, 0) is 4.79 Å². The highest BCUT2D eigenvalue weighted by Gasteiger charge is 2.15. The summed E-state index contributed by atoms with van der Waals surface area (Å²) in [5, 5.41) is 4.40. The SMILES string of the molecule is CCCCOc1ccc(-c2nc3s/c(=C\c4cc(Br)c(OC(C)=O)c(OC)c4)c(=O)n3n2)cc1. The van der Waals surface area contributed by atoms with Crippen LogP contribution in [0.15, 0.2) is 45.7 Å². The van der Waals surface area contributed by atoms with Gasteiger partial charge in [-0.05, 0) is 70.4 Å². The fourth-order valence-corrected chi connectivity index (χ4v) is 4.66. The molecule has 10 heteroatoms. The summed E-state index contributed by atoms with van der Waals surface area (Å²) in [6.07, 6.45) is 3.80. The third-order valence-corrected chi connectivity index (χ3v) is 6.40. The first-order valence-corrected chi connectivity index (χ1v) is 12.2. The number of carbonyl (C=O) groups excluding carboxylic acids is 1. The van der Waals surface area contributed by atoms with Gasteiger partial charge < -0.3 is 14.2 Å². The summed E-state index contributed by atoms with van der Waals surface area (Å²) in [5.41, 5.74) is 1.23. The van der Waals surface area contributed by atoms with Gasteiger partial charge in [0.25, 0.3) is 5.56 Å². The quantitative estimate of drug-likeness (QED) is 0.186. The number of carbonyl (C=O) groups is 1. The van der Waals surface area contributed by atoms with E-state index in [1.807, 2.05) is 24.3 Å². The third kappa shape index (κ3) is 5.13. The second-order valence-corrected chi connectivity index (χ2v) is 9.26. The van der Waals surface area contributed by atoms with E-state index in [1.54, 1.807) is 18.2 Å². The number of thiazole rings is 1. The first-order valence-electron chi connectivity index (χ1n) is 10.6. The molecule has 0 fully saturated rings. The standard InChI is InChI=1S/C24H22BrN3O5S/c1-4-5-10-32-17-8-6-16(7-9-17)22-26-24-28(27-22)23(30)20(34-24)13-15-11-18(25)21(33-14(2)29)19(12-15)31-3/h6-9,11-13H,4-5,10H2,1-3H3/b20-13-. The summed E-state index contributed by atoms with van der Waals surface area (Å²) in [6, 6.07) is 10.9. The van der Waals surface area contributed by atoms with E-state index in [-0.39, 0.29) is 11.3 Å². The van der Waals surface area contributed by atoms with Crippen LogP contribution in [0.1, 0.15) is 32.3 Å². The Bertz CT molecular complexity index is 1450. The maximum absolute atomic E-state index is 12.9. The van der Waals surface area contributed by atoms with Gasteiger partial charge in [-0.25, -0.2) is 0 Å². The van der Waals surface area contributed by atoms with Crippen molar-refractivity contribution in [1.29, 1.82) is 0 Å². The number of halogens is 1. The Balaban J connectivity index is 1.63. The Morgan fingerprint density at radius 3 is 2.65 bits per heavy atom. The topological polar surface area (TPSA) is 92.0 Å². The number of unbranched alkanes of at least 4 members (excludes halogenated alkanes) is 1. The maximum atomic E-state index is 12.9. The van der Waals surface area contributed by atoms with Crippen molar-refractivity contribution < 1.29 is 19.0 Å². The van der Waals surface area contributed by atoms with Crippen LogP contribution in [0.25, 0.3) is 22.4 Å². The Morgan fingerprint density at radius 2 is 2.00 bits per heavy atom. The van der Waals surface area contributed by atoms with Gasteiger partial charge in [-0.2, -0.15) is 9.50 Å². The highest BCUT2D eigenvalue weighted by Crippen LogP contribution is 2.37. The van der Waals surface area contributed by atoms with Gasteiger partial charge >= 0.3 is 5.97 Å². The average molecular weight is 544 g/mol. The third-order valence-electron chi connectivity index (χ3n) is 4.86. The largest absolute Gasteiger partial charge is 0.494 e. The van der Waals surface area contributed by atoms with Crippen LogP contribution in [0, 0.1) is 0 Å². The molecule has 0 aliphatic heterocycles. The van der Waals surface area contributed by atoms with E-state index in [2.05, 4.69) is 32.9 Å². The second-order valence-electron chi connectivity index (χ2n) is 7.40. The minimum Gasteiger partial charge on any atom is -0.494 e. The molecule has 0 aliphatic carbocycles. The smallest absolute Gasteiger partial charge is 0.308 e. The van der Waals surface area contributed by atoms with Crippen LogP contribution in [0.4, 0.5) is 0 Å². The normalized spacial score (nSPS) is 11.7. The predicted octanol–water partition coefficient (Wildman–Crippen LogP) is 4.24. The number of nitrogens with zero attached hydrogens (tertiary/aromatic N) is 3. The molecular weight excluding hydrogens is 522 g/mol. The second kappa shape index (κ2) is 10.4. The van der Waals surface area contributed by atoms with E-state index in [0.717, 1.165) is 24.2 Å². The monoisotopic (exact) mass is 543 g/mol. The van der Waals surface area contributed by atoms with Crippen LogP contribution in [0.5, 0.6) is 17.2 Å². The van der Waals surface area contributed by atoms with Gasteiger partial charge in [0.15, 0.2) is 17.3 Å². The number of hydrogen-bond acceptors (Lipinski definition) is 8. The van der Waals surface area contributed by atoms with Crippen LogP contribution in [0.2, 0.25) is 0 Å². The number of hydrogen-bond donors (Lipinski definition) is 0. The van der Waals surface area contributed by atoms with E-state index in [4.69, 9.17) is 14.2 Å². The minimum absolute atomic E-state index is 0.266. The van der Waals surface area contributed by atoms with Gasteiger partial charge in [0, 0.05) is 12.5 Å². The molecule has 0 bridgehead atoms. The molecule has 0 aliphatic rings. The Hall–Kier alpha value is -3.24. The Morgan fingerprint density at radius 1 is 1.24 bits per heavy atom. The fraction of sp³-hybridized carbons (Fsp3) is 0.250. The molecule has 0 saturated heterocycles. The summed E-state index contributed by atoms with van der Waals surface area (Å²) >= 11 is 4.63. The van der Waals surface area contributed by atoms with Gasteiger partial charge in [0.2, 0.25) is 4.96 Å². The molecule has 0 radical (unpaired) electrons. The molecule has 4 rings (SSSR count). The molecule has 0 amide bonds. The molecule has 0 saturated carbocycles. The first kappa shape index (κ1) is 23.9. The lowest BCUT2D eigenvalue weighted by Crippen LogP contribution is -2.23. The van der Waals surface area contributed by atoms with Crippen molar-refractivity contribution in [2.24, 2.45) is 0 Å². The van der Waals surface area contributed by atoms with Crippen molar-refractivity contribution in [3.63, 3.8) is 0 Å². The van der Waals surface area contributed by atoms with Crippen molar-refractivity contribution in [1.82, 2.24) is 14.6 Å². The summed E-state index contributed by atoms with van der Waals surface area (Å²) < 4.78 is 18.5. The molecule has 8 nitrogen and oxygen atoms in total.